The highest BCUT2D eigenvalue weighted by molar-refractivity contribution is 5.33. The second-order valence-corrected chi connectivity index (χ2v) is 4.89. The van der Waals surface area contributed by atoms with Gasteiger partial charge >= 0.3 is 0 Å². The van der Waals surface area contributed by atoms with Crippen LogP contribution in [0, 0.1) is 0 Å². The second kappa shape index (κ2) is 3.34. The molecule has 0 unspecified atom stereocenters. The van der Waals surface area contributed by atoms with E-state index in [1.165, 1.54) is 50.0 Å². The van der Waals surface area contributed by atoms with E-state index in [1.54, 1.807) is 0 Å². The van der Waals surface area contributed by atoms with E-state index in [1.807, 2.05) is 0 Å². The predicted octanol–water partition coefficient (Wildman–Crippen LogP) is 1.47. The van der Waals surface area contributed by atoms with E-state index in [0.717, 1.165) is 6.54 Å². The highest BCUT2D eigenvalue weighted by Crippen LogP contribution is 2.44. The van der Waals surface area contributed by atoms with Gasteiger partial charge in [0.2, 0.25) is 0 Å². The average molecular weight is 205 g/mol. The summed E-state index contributed by atoms with van der Waals surface area (Å²) in [6, 6.07) is 0. The maximum Gasteiger partial charge on any atom is 0.0719 e. The Labute approximate surface area is 90.9 Å². The minimum atomic E-state index is 0.432. The monoisotopic (exact) mass is 205 g/mol. The summed E-state index contributed by atoms with van der Waals surface area (Å²) < 4.78 is 2.10. The van der Waals surface area contributed by atoms with Crippen molar-refractivity contribution in [2.45, 2.75) is 44.6 Å². The van der Waals surface area contributed by atoms with E-state index in [-0.39, 0.29) is 0 Å². The topological polar surface area (TPSA) is 29.9 Å². The molecule has 2 aliphatic rings. The summed E-state index contributed by atoms with van der Waals surface area (Å²) in [6.07, 6.45) is 7.39. The summed E-state index contributed by atoms with van der Waals surface area (Å²) in [5.41, 5.74) is 3.37. The van der Waals surface area contributed by atoms with Gasteiger partial charge in [-0.3, -0.25) is 4.68 Å². The maximum atomic E-state index is 4.78. The van der Waals surface area contributed by atoms with E-state index < -0.39 is 0 Å². The molecule has 2 heterocycles. The van der Waals surface area contributed by atoms with E-state index in [0.29, 0.717) is 5.41 Å². The lowest BCUT2D eigenvalue weighted by Gasteiger charge is -2.33. The molecule has 3 nitrogen and oxygen atoms in total. The molecule has 82 valence electrons. The van der Waals surface area contributed by atoms with Crippen LogP contribution in [0.1, 0.15) is 37.4 Å². The van der Waals surface area contributed by atoms with Crippen LogP contribution in [-0.2, 0) is 18.4 Å². The molecule has 3 heteroatoms. The first-order chi connectivity index (χ1) is 7.34. The van der Waals surface area contributed by atoms with Gasteiger partial charge < -0.3 is 5.32 Å². The summed E-state index contributed by atoms with van der Waals surface area (Å²) in [5, 5.41) is 8.23. The van der Waals surface area contributed by atoms with Gasteiger partial charge in [-0.15, -0.1) is 0 Å². The quantitative estimate of drug-likeness (QED) is 0.752. The number of aryl methyl sites for hydroxylation is 2. The minimum Gasteiger partial charge on any atom is -0.317 e. The molecule has 1 aromatic heterocycles. The summed E-state index contributed by atoms with van der Waals surface area (Å²) >= 11 is 0. The van der Waals surface area contributed by atoms with Crippen LogP contribution < -0.4 is 5.32 Å². The zero-order valence-electron chi connectivity index (χ0n) is 9.42. The average Bonchev–Trinajstić information content (AvgIpc) is 2.82. The Balaban J connectivity index is 1.98. The molecule has 0 atom stereocenters. The zero-order chi connectivity index (χ0) is 10.3. The minimum absolute atomic E-state index is 0.432. The van der Waals surface area contributed by atoms with Gasteiger partial charge in [0.15, 0.2) is 0 Å². The first-order valence-corrected chi connectivity index (χ1v) is 6.12. The van der Waals surface area contributed by atoms with Crippen LogP contribution >= 0.6 is 0 Å². The van der Waals surface area contributed by atoms with Gasteiger partial charge in [0, 0.05) is 18.2 Å². The first-order valence-electron chi connectivity index (χ1n) is 6.12. The van der Waals surface area contributed by atoms with Crippen molar-refractivity contribution in [2.24, 2.45) is 0 Å². The van der Waals surface area contributed by atoms with E-state index in [4.69, 9.17) is 5.10 Å². The Hall–Kier alpha value is -0.830. The molecule has 0 bridgehead atoms. The summed E-state index contributed by atoms with van der Waals surface area (Å²) in [7, 11) is 0. The Kier molecular flexibility index (Phi) is 2.09. The fourth-order valence-electron chi connectivity index (χ4n) is 3.14. The molecule has 1 aliphatic carbocycles. The van der Waals surface area contributed by atoms with E-state index >= 15 is 0 Å². The lowest BCUT2D eigenvalue weighted by atomic mass is 9.77. The van der Waals surface area contributed by atoms with Crippen LogP contribution in [0.2, 0.25) is 0 Å². The molecule has 0 saturated carbocycles. The van der Waals surface area contributed by atoms with Gasteiger partial charge in [0.05, 0.1) is 5.69 Å². The molecule has 1 fully saturated rings. The smallest absolute Gasteiger partial charge is 0.0719 e. The summed E-state index contributed by atoms with van der Waals surface area (Å²) in [5.74, 6) is 0. The number of rotatable bonds is 1. The molecule has 1 aromatic rings. The predicted molar refractivity (Wildman–Crippen MR) is 60.0 cm³/mol. The Morgan fingerprint density at radius 2 is 2.20 bits per heavy atom. The number of aromatic nitrogens is 2. The number of fused-ring (bicyclic) bond motifs is 2. The third-order valence-corrected chi connectivity index (χ3v) is 4.10. The van der Waals surface area contributed by atoms with Crippen molar-refractivity contribution in [2.75, 3.05) is 13.1 Å². The maximum absolute atomic E-state index is 4.78. The fourth-order valence-corrected chi connectivity index (χ4v) is 3.14. The molecule has 3 rings (SSSR count). The van der Waals surface area contributed by atoms with Crippen molar-refractivity contribution in [3.63, 3.8) is 0 Å². The molecule has 1 saturated heterocycles. The Bertz CT molecular complexity index is 361. The highest BCUT2D eigenvalue weighted by atomic mass is 15.3. The van der Waals surface area contributed by atoms with Crippen LogP contribution in [0.15, 0.2) is 6.20 Å². The van der Waals surface area contributed by atoms with Crippen molar-refractivity contribution < 1.29 is 0 Å². The normalized spacial score (nSPS) is 23.3. The van der Waals surface area contributed by atoms with Crippen LogP contribution in [0.4, 0.5) is 0 Å². The molecule has 1 N–H and O–H groups in total. The van der Waals surface area contributed by atoms with Gasteiger partial charge in [-0.05, 0) is 51.3 Å². The van der Waals surface area contributed by atoms with Crippen LogP contribution in [-0.4, -0.2) is 22.9 Å². The largest absolute Gasteiger partial charge is 0.317 e. The standard InChI is InChI=1S/C12H19N3/c1-2-15-9-10-3-4-12(11(10)14-15)5-7-13-8-6-12/h9,13H,2-8H2,1H3. The Morgan fingerprint density at radius 1 is 1.40 bits per heavy atom. The SMILES string of the molecule is CCn1cc2c(n1)C1(CCNCC1)CC2. The number of piperidine rings is 1. The van der Waals surface area contributed by atoms with Crippen molar-refractivity contribution in [1.29, 1.82) is 0 Å². The third-order valence-electron chi connectivity index (χ3n) is 4.10. The molecular formula is C12H19N3. The Morgan fingerprint density at radius 3 is 2.93 bits per heavy atom. The van der Waals surface area contributed by atoms with Crippen molar-refractivity contribution in [1.82, 2.24) is 15.1 Å². The van der Waals surface area contributed by atoms with Crippen molar-refractivity contribution in [3.05, 3.63) is 17.5 Å². The lowest BCUT2D eigenvalue weighted by Crippen LogP contribution is -2.38. The number of nitrogens with zero attached hydrogens (tertiary/aromatic N) is 2. The molecule has 1 spiro atoms. The number of nitrogens with one attached hydrogen (secondary N) is 1. The molecule has 0 aromatic carbocycles. The highest BCUT2D eigenvalue weighted by Gasteiger charge is 2.41. The number of hydrogen-bond donors (Lipinski definition) is 1. The van der Waals surface area contributed by atoms with Crippen LogP contribution in [0.25, 0.3) is 0 Å². The molecular weight excluding hydrogens is 186 g/mol. The van der Waals surface area contributed by atoms with Crippen molar-refractivity contribution in [3.8, 4) is 0 Å². The van der Waals surface area contributed by atoms with Gasteiger partial charge in [0.1, 0.15) is 0 Å². The van der Waals surface area contributed by atoms with Gasteiger partial charge in [0.25, 0.3) is 0 Å². The fraction of sp³-hybridized carbons (Fsp3) is 0.750. The van der Waals surface area contributed by atoms with Gasteiger partial charge in [-0.25, -0.2) is 0 Å². The molecule has 0 radical (unpaired) electrons. The number of hydrogen-bond acceptors (Lipinski definition) is 2. The van der Waals surface area contributed by atoms with Crippen LogP contribution in [0.3, 0.4) is 0 Å². The molecule has 0 amide bonds. The van der Waals surface area contributed by atoms with E-state index in [9.17, 15) is 0 Å². The second-order valence-electron chi connectivity index (χ2n) is 4.89. The zero-order valence-corrected chi connectivity index (χ0v) is 9.42. The first kappa shape index (κ1) is 9.40. The summed E-state index contributed by atoms with van der Waals surface area (Å²) in [6.45, 7) is 5.50. The van der Waals surface area contributed by atoms with Crippen LogP contribution in [0.5, 0.6) is 0 Å². The van der Waals surface area contributed by atoms with Gasteiger partial charge in [-0.1, -0.05) is 0 Å². The lowest BCUT2D eigenvalue weighted by molar-refractivity contribution is 0.296. The van der Waals surface area contributed by atoms with Gasteiger partial charge in [-0.2, -0.15) is 5.10 Å². The van der Waals surface area contributed by atoms with Crippen molar-refractivity contribution >= 4 is 0 Å². The summed E-state index contributed by atoms with van der Waals surface area (Å²) in [4.78, 5) is 0. The third kappa shape index (κ3) is 1.33. The molecule has 15 heavy (non-hydrogen) atoms. The molecule has 1 aliphatic heterocycles. The van der Waals surface area contributed by atoms with E-state index in [2.05, 4.69) is 23.1 Å².